The van der Waals surface area contributed by atoms with Crippen LogP contribution in [0.1, 0.15) is 90.3 Å². The molecule has 1 aromatic heterocycles. The van der Waals surface area contributed by atoms with Crippen molar-refractivity contribution in [3.05, 3.63) is 48.5 Å². The summed E-state index contributed by atoms with van der Waals surface area (Å²) in [6.07, 6.45) is 20.7. The third-order valence-electron chi connectivity index (χ3n) is 5.30. The summed E-state index contributed by atoms with van der Waals surface area (Å²) >= 11 is 0. The molecule has 0 unspecified atom stereocenters. The summed E-state index contributed by atoms with van der Waals surface area (Å²) in [6.45, 7) is 5.73. The molecule has 0 saturated heterocycles. The van der Waals surface area contributed by atoms with Gasteiger partial charge in [-0.25, -0.2) is 4.57 Å². The molecule has 0 bridgehead atoms. The maximum atomic E-state index is 2.50. The Bertz CT molecular complexity index is 586. The third kappa shape index (κ3) is 6.97. The predicted molar refractivity (Wildman–Crippen MR) is 112 cm³/mol. The summed E-state index contributed by atoms with van der Waals surface area (Å²) in [5, 5.41) is 0. The minimum atomic E-state index is 1.16. The highest BCUT2D eigenvalue weighted by Gasteiger charge is 2.17. The highest BCUT2D eigenvalue weighted by Crippen LogP contribution is 2.13. The SMILES string of the molecule is CCCCCCCCCC[n+]1ccn(-c2ccccc2)c1CCCCC. The molecule has 0 aliphatic rings. The number of aryl methyl sites for hydroxylation is 1. The Balaban J connectivity index is 1.87. The molecule has 0 spiro atoms. The van der Waals surface area contributed by atoms with Crippen molar-refractivity contribution in [1.29, 1.82) is 0 Å². The Morgan fingerprint density at radius 2 is 1.35 bits per heavy atom. The molecule has 1 aromatic carbocycles. The van der Waals surface area contributed by atoms with Crippen molar-refractivity contribution in [3.63, 3.8) is 0 Å². The second-order valence-corrected chi connectivity index (χ2v) is 7.55. The highest BCUT2D eigenvalue weighted by molar-refractivity contribution is 5.31. The molecular formula is C24H39N2+. The zero-order valence-corrected chi connectivity index (χ0v) is 17.1. The van der Waals surface area contributed by atoms with E-state index in [-0.39, 0.29) is 0 Å². The van der Waals surface area contributed by atoms with Crippen LogP contribution < -0.4 is 4.57 Å². The van der Waals surface area contributed by atoms with E-state index >= 15 is 0 Å². The lowest BCUT2D eigenvalue weighted by Gasteiger charge is -2.06. The first-order chi connectivity index (χ1) is 12.9. The van der Waals surface area contributed by atoms with E-state index in [1.807, 2.05) is 0 Å². The number of hydrogen-bond acceptors (Lipinski definition) is 0. The number of unbranched alkanes of at least 4 members (excludes halogenated alkanes) is 9. The van der Waals surface area contributed by atoms with Gasteiger partial charge in [-0.05, 0) is 31.4 Å². The van der Waals surface area contributed by atoms with E-state index in [0.29, 0.717) is 0 Å². The van der Waals surface area contributed by atoms with Gasteiger partial charge in [-0.3, -0.25) is 0 Å². The van der Waals surface area contributed by atoms with Crippen molar-refractivity contribution in [2.75, 3.05) is 0 Å². The lowest BCUT2D eigenvalue weighted by atomic mass is 10.1. The number of benzene rings is 1. The molecular weight excluding hydrogens is 316 g/mol. The molecule has 26 heavy (non-hydrogen) atoms. The maximum Gasteiger partial charge on any atom is 0.261 e. The fourth-order valence-electron chi connectivity index (χ4n) is 3.70. The van der Waals surface area contributed by atoms with E-state index in [0.717, 1.165) is 6.54 Å². The van der Waals surface area contributed by atoms with E-state index in [9.17, 15) is 0 Å². The second-order valence-electron chi connectivity index (χ2n) is 7.55. The number of rotatable bonds is 14. The Hall–Kier alpha value is -1.57. The molecule has 144 valence electrons. The Kier molecular flexibility index (Phi) is 10.2. The van der Waals surface area contributed by atoms with Crippen LogP contribution in [0.25, 0.3) is 5.69 Å². The summed E-state index contributed by atoms with van der Waals surface area (Å²) in [4.78, 5) is 0. The smallest absolute Gasteiger partial charge is 0.234 e. The van der Waals surface area contributed by atoms with Gasteiger partial charge in [-0.15, -0.1) is 0 Å². The van der Waals surface area contributed by atoms with Gasteiger partial charge in [0.2, 0.25) is 0 Å². The zero-order valence-electron chi connectivity index (χ0n) is 17.1. The molecule has 1 heterocycles. The first-order valence-electron chi connectivity index (χ1n) is 11.0. The van der Waals surface area contributed by atoms with Crippen LogP contribution in [0.2, 0.25) is 0 Å². The molecule has 0 atom stereocenters. The average Bonchev–Trinajstić information content (AvgIpc) is 3.08. The molecule has 2 aromatic rings. The summed E-state index contributed by atoms with van der Waals surface area (Å²) in [5.74, 6) is 1.47. The first kappa shape index (κ1) is 20.7. The molecule has 0 amide bonds. The van der Waals surface area contributed by atoms with E-state index in [1.54, 1.807) is 0 Å². The normalized spacial score (nSPS) is 11.2. The molecule has 0 radical (unpaired) electrons. The number of aromatic nitrogens is 2. The quantitative estimate of drug-likeness (QED) is 0.265. The second kappa shape index (κ2) is 12.7. The summed E-state index contributed by atoms with van der Waals surface area (Å²) < 4.78 is 4.89. The summed E-state index contributed by atoms with van der Waals surface area (Å²) in [6, 6.07) is 10.8. The van der Waals surface area contributed by atoms with Gasteiger partial charge in [0.15, 0.2) is 0 Å². The molecule has 0 N–H and O–H groups in total. The van der Waals surface area contributed by atoms with Crippen LogP contribution in [0, 0.1) is 0 Å². The fraction of sp³-hybridized carbons (Fsp3) is 0.625. The lowest BCUT2D eigenvalue weighted by Crippen LogP contribution is -2.37. The minimum absolute atomic E-state index is 1.16. The van der Waals surface area contributed by atoms with Crippen LogP contribution >= 0.6 is 0 Å². The van der Waals surface area contributed by atoms with Gasteiger partial charge in [0, 0.05) is 6.42 Å². The van der Waals surface area contributed by atoms with Gasteiger partial charge in [-0.2, -0.15) is 4.57 Å². The van der Waals surface area contributed by atoms with E-state index in [2.05, 4.69) is 65.7 Å². The van der Waals surface area contributed by atoms with E-state index in [1.165, 1.54) is 88.6 Å². The Labute approximate surface area is 161 Å². The monoisotopic (exact) mass is 355 g/mol. The van der Waals surface area contributed by atoms with Crippen molar-refractivity contribution >= 4 is 0 Å². The average molecular weight is 356 g/mol. The van der Waals surface area contributed by atoms with Crippen molar-refractivity contribution in [3.8, 4) is 5.69 Å². The van der Waals surface area contributed by atoms with Crippen molar-refractivity contribution in [2.24, 2.45) is 0 Å². The van der Waals surface area contributed by atoms with E-state index in [4.69, 9.17) is 0 Å². The largest absolute Gasteiger partial charge is 0.261 e. The molecule has 0 aliphatic carbocycles. The van der Waals surface area contributed by atoms with E-state index < -0.39 is 0 Å². The van der Waals surface area contributed by atoms with Gasteiger partial charge in [0.05, 0.1) is 6.54 Å². The molecule has 0 saturated carbocycles. The van der Waals surface area contributed by atoms with Crippen LogP contribution in [0.3, 0.4) is 0 Å². The van der Waals surface area contributed by atoms with Gasteiger partial charge in [0.1, 0.15) is 18.1 Å². The Morgan fingerprint density at radius 3 is 2.04 bits per heavy atom. The standard InChI is InChI=1S/C24H39N2/c1-3-5-7-8-9-10-11-16-20-25-21-22-26(23-17-14-12-15-18-23)24(25)19-13-6-4-2/h12,14-15,17-18,21-22H,3-11,13,16,19-20H2,1-2H3/q+1. The molecule has 0 aliphatic heterocycles. The summed E-state index contributed by atoms with van der Waals surface area (Å²) in [5.41, 5.74) is 1.29. The first-order valence-corrected chi connectivity index (χ1v) is 11.0. The van der Waals surface area contributed by atoms with Crippen molar-refractivity contribution in [2.45, 2.75) is 97.4 Å². The van der Waals surface area contributed by atoms with Gasteiger partial charge in [-0.1, -0.05) is 83.4 Å². The van der Waals surface area contributed by atoms with Crippen molar-refractivity contribution < 1.29 is 4.57 Å². The predicted octanol–water partition coefficient (Wildman–Crippen LogP) is 6.64. The molecule has 0 fully saturated rings. The molecule has 2 heteroatoms. The molecule has 2 rings (SSSR count). The number of imidazole rings is 1. The van der Waals surface area contributed by atoms with Crippen molar-refractivity contribution in [1.82, 2.24) is 4.57 Å². The fourth-order valence-corrected chi connectivity index (χ4v) is 3.70. The van der Waals surface area contributed by atoms with Crippen LogP contribution in [-0.2, 0) is 13.0 Å². The number of nitrogens with zero attached hydrogens (tertiary/aromatic N) is 2. The topological polar surface area (TPSA) is 8.81 Å². The minimum Gasteiger partial charge on any atom is -0.234 e. The number of hydrogen-bond donors (Lipinski definition) is 0. The number of para-hydroxylation sites is 1. The van der Waals surface area contributed by atoms with Crippen LogP contribution in [0.15, 0.2) is 42.7 Å². The third-order valence-corrected chi connectivity index (χ3v) is 5.30. The van der Waals surface area contributed by atoms with Crippen LogP contribution in [0.5, 0.6) is 0 Å². The lowest BCUT2D eigenvalue weighted by molar-refractivity contribution is -0.704. The van der Waals surface area contributed by atoms with Gasteiger partial charge in [0.25, 0.3) is 5.82 Å². The van der Waals surface area contributed by atoms with Gasteiger partial charge >= 0.3 is 0 Å². The van der Waals surface area contributed by atoms with Crippen LogP contribution in [-0.4, -0.2) is 4.57 Å². The zero-order chi connectivity index (χ0) is 18.5. The van der Waals surface area contributed by atoms with Gasteiger partial charge < -0.3 is 0 Å². The maximum absolute atomic E-state index is 2.50. The highest BCUT2D eigenvalue weighted by atomic mass is 15.1. The van der Waals surface area contributed by atoms with Crippen LogP contribution in [0.4, 0.5) is 0 Å². The Morgan fingerprint density at radius 1 is 0.731 bits per heavy atom. The summed E-state index contributed by atoms with van der Waals surface area (Å²) in [7, 11) is 0. The molecule has 2 nitrogen and oxygen atoms in total.